The van der Waals surface area contributed by atoms with E-state index in [9.17, 15) is 17.6 Å². The molecule has 2 atom stereocenters. The van der Waals surface area contributed by atoms with Crippen molar-refractivity contribution >= 4 is 21.7 Å². The number of hydrogen-bond acceptors (Lipinski definition) is 4. The molecule has 1 aromatic carbocycles. The molecule has 0 saturated carbocycles. The maximum Gasteiger partial charge on any atom is 0.358 e. The van der Waals surface area contributed by atoms with E-state index >= 15 is 0 Å². The number of halogens is 1. The third-order valence-corrected chi connectivity index (χ3v) is 5.38. The minimum absolute atomic E-state index is 0.0454. The van der Waals surface area contributed by atoms with Gasteiger partial charge in [0.25, 0.3) is 0 Å². The molecule has 0 spiro atoms. The summed E-state index contributed by atoms with van der Waals surface area (Å²) in [5.74, 6) is -1.37. The van der Waals surface area contributed by atoms with Crippen LogP contribution in [0.4, 0.5) is 4.39 Å². The molecule has 1 aliphatic carbocycles. The summed E-state index contributed by atoms with van der Waals surface area (Å²) in [6.45, 7) is 0. The standard InChI is InChI=1S/C18H18FN3O4S/c1-26-18(23)16-10-13(9-12-5-3-2-4-6-12)22(21-16)17-8-7-14(11-15(17)19)27(20,24)25/h2-6,8,10-11,14H,7,9H2,1H3,(H2,20,24,25)/p+1. The first kappa shape index (κ1) is 19.0. The predicted octanol–water partition coefficient (Wildman–Crippen LogP) is 2.17. The Labute approximate surface area is 156 Å². The molecule has 0 saturated heterocycles. The first-order chi connectivity index (χ1) is 12.8. The van der Waals surface area contributed by atoms with Crippen LogP contribution in [0.2, 0.25) is 0 Å². The fraction of sp³-hybridized carbons (Fsp3) is 0.222. The van der Waals surface area contributed by atoms with E-state index in [1.54, 1.807) is 0 Å². The number of hydrogen-bond donors (Lipinski definition) is 1. The molecular formula is C18H19FN3O4S+. The average molecular weight is 392 g/mol. The smallest absolute Gasteiger partial charge is 0.358 e. The molecule has 1 aliphatic rings. The Hall–Kier alpha value is -2.78. The van der Waals surface area contributed by atoms with E-state index in [0.29, 0.717) is 12.1 Å². The van der Waals surface area contributed by atoms with Crippen LogP contribution >= 0.6 is 0 Å². The maximum atomic E-state index is 14.6. The largest absolute Gasteiger partial charge is 0.464 e. The van der Waals surface area contributed by atoms with Crippen molar-refractivity contribution in [2.24, 2.45) is 5.14 Å². The predicted molar refractivity (Wildman–Crippen MR) is 98.9 cm³/mol. The SMILES string of the molecule is COC(=O)c1cc(Cc2ccccc2)n(C2=CCC(S(N)(=O)=[OH+])C=C2F)n1. The lowest BCUT2D eigenvalue weighted by molar-refractivity contribution is 0.0593. The number of rotatable bonds is 5. The molecule has 7 nitrogen and oxygen atoms in total. The van der Waals surface area contributed by atoms with Gasteiger partial charge < -0.3 is 4.74 Å². The quantitative estimate of drug-likeness (QED) is 0.621. The van der Waals surface area contributed by atoms with E-state index in [-0.39, 0.29) is 17.8 Å². The molecule has 1 heterocycles. The van der Waals surface area contributed by atoms with Crippen LogP contribution in [0.1, 0.15) is 28.2 Å². The highest BCUT2D eigenvalue weighted by molar-refractivity contribution is 7.90. The van der Waals surface area contributed by atoms with Crippen LogP contribution < -0.4 is 5.14 Å². The van der Waals surface area contributed by atoms with E-state index in [2.05, 4.69) is 5.10 Å². The van der Waals surface area contributed by atoms with Crippen LogP contribution in [-0.4, -0.2) is 36.5 Å². The van der Waals surface area contributed by atoms with Gasteiger partial charge >= 0.3 is 16.0 Å². The van der Waals surface area contributed by atoms with Crippen molar-refractivity contribution in [1.29, 1.82) is 0 Å². The van der Waals surface area contributed by atoms with Gasteiger partial charge in [-0.05, 0) is 24.1 Å². The summed E-state index contributed by atoms with van der Waals surface area (Å²) >= 11 is 0. The first-order valence-corrected chi connectivity index (χ1v) is 9.76. The summed E-state index contributed by atoms with van der Waals surface area (Å²) in [6.07, 6.45) is 2.95. The molecule has 1 aromatic heterocycles. The van der Waals surface area contributed by atoms with Crippen LogP contribution in [-0.2, 0) is 21.2 Å². The Morgan fingerprint density at radius 1 is 1.44 bits per heavy atom. The summed E-state index contributed by atoms with van der Waals surface area (Å²) in [5, 5.41) is 8.36. The second kappa shape index (κ2) is 7.45. The summed E-state index contributed by atoms with van der Waals surface area (Å²) in [6, 6.07) is 11.0. The lowest BCUT2D eigenvalue weighted by Crippen LogP contribution is -2.28. The lowest BCUT2D eigenvalue weighted by Gasteiger charge is -2.16. The Kier molecular flexibility index (Phi) is 5.24. The fourth-order valence-corrected chi connectivity index (χ4v) is 3.51. The van der Waals surface area contributed by atoms with Gasteiger partial charge in [-0.25, -0.2) is 18.1 Å². The number of ether oxygens (including phenoxy) is 1. The fourth-order valence-electron chi connectivity index (χ4n) is 2.83. The molecule has 0 aliphatic heterocycles. The number of allylic oxidation sites excluding steroid dienone is 3. The van der Waals surface area contributed by atoms with Crippen LogP contribution in [0.25, 0.3) is 5.70 Å². The lowest BCUT2D eigenvalue weighted by atomic mass is 10.1. The highest BCUT2D eigenvalue weighted by Crippen LogP contribution is 2.28. The van der Waals surface area contributed by atoms with Crippen LogP contribution in [0.3, 0.4) is 0 Å². The summed E-state index contributed by atoms with van der Waals surface area (Å²) in [4.78, 5) is 11.9. The number of benzene rings is 1. The molecule has 3 rings (SSSR count). The number of esters is 1. The van der Waals surface area contributed by atoms with Crippen LogP contribution in [0.15, 0.2) is 54.4 Å². The number of methoxy groups -OCH3 is 1. The molecule has 27 heavy (non-hydrogen) atoms. The third kappa shape index (κ3) is 4.15. The molecule has 0 radical (unpaired) electrons. The topological polar surface area (TPSA) is 109 Å². The Morgan fingerprint density at radius 3 is 2.74 bits per heavy atom. The van der Waals surface area contributed by atoms with Crippen molar-refractivity contribution in [3.63, 3.8) is 0 Å². The zero-order valence-electron chi connectivity index (χ0n) is 14.5. The van der Waals surface area contributed by atoms with Crippen LogP contribution in [0, 0.1) is 0 Å². The summed E-state index contributed by atoms with van der Waals surface area (Å²) in [5.41, 5.74) is 1.67. The van der Waals surface area contributed by atoms with Gasteiger partial charge in [0.2, 0.25) is 0 Å². The zero-order chi connectivity index (χ0) is 19.6. The second-order valence-corrected chi connectivity index (χ2v) is 7.91. The van der Waals surface area contributed by atoms with E-state index in [1.807, 2.05) is 30.3 Å². The second-order valence-electron chi connectivity index (χ2n) is 6.08. The number of carbonyl (C=O) groups is 1. The minimum atomic E-state index is -3.65. The molecule has 3 N–H and O–H groups in total. The van der Waals surface area contributed by atoms with Gasteiger partial charge in [-0.3, -0.25) is 0 Å². The molecule has 9 heteroatoms. The normalized spacial score (nSPS) is 19.0. The van der Waals surface area contributed by atoms with Gasteiger partial charge in [-0.15, -0.1) is 0 Å². The van der Waals surface area contributed by atoms with Crippen molar-refractivity contribution in [2.75, 3.05) is 7.11 Å². The molecule has 0 amide bonds. The zero-order valence-corrected chi connectivity index (χ0v) is 15.4. The van der Waals surface area contributed by atoms with Gasteiger partial charge in [-0.1, -0.05) is 36.4 Å². The molecule has 0 bridgehead atoms. The van der Waals surface area contributed by atoms with Gasteiger partial charge in [-0.2, -0.15) is 14.4 Å². The van der Waals surface area contributed by atoms with Crippen molar-refractivity contribution in [3.05, 3.63) is 71.3 Å². The molecule has 2 unspecified atom stereocenters. The third-order valence-electron chi connectivity index (χ3n) is 4.19. The Morgan fingerprint density at radius 2 is 2.15 bits per heavy atom. The van der Waals surface area contributed by atoms with Crippen molar-refractivity contribution in [3.8, 4) is 0 Å². The number of carbonyl (C=O) groups excluding carboxylic acids is 1. The van der Waals surface area contributed by atoms with Crippen molar-refractivity contribution < 1.29 is 22.3 Å². The van der Waals surface area contributed by atoms with Crippen molar-refractivity contribution in [2.45, 2.75) is 18.1 Å². The van der Waals surface area contributed by atoms with Gasteiger partial charge in [0, 0.05) is 12.1 Å². The molecule has 0 fully saturated rings. The van der Waals surface area contributed by atoms with Crippen LogP contribution in [0.5, 0.6) is 0 Å². The van der Waals surface area contributed by atoms with Gasteiger partial charge in [0.05, 0.1) is 12.8 Å². The highest BCUT2D eigenvalue weighted by Gasteiger charge is 2.30. The summed E-state index contributed by atoms with van der Waals surface area (Å²) < 4.78 is 41.7. The van der Waals surface area contributed by atoms with Gasteiger partial charge in [0.1, 0.15) is 11.1 Å². The van der Waals surface area contributed by atoms with E-state index in [0.717, 1.165) is 11.6 Å². The minimum Gasteiger partial charge on any atom is -0.464 e. The van der Waals surface area contributed by atoms with E-state index in [1.165, 1.54) is 23.9 Å². The van der Waals surface area contributed by atoms with Gasteiger partial charge in [0.15, 0.2) is 5.69 Å². The molecule has 142 valence electrons. The Balaban J connectivity index is 2.01. The number of aromatic nitrogens is 2. The number of nitrogens with two attached hydrogens (primary N) is 1. The first-order valence-electron chi connectivity index (χ1n) is 8.12. The monoisotopic (exact) mass is 392 g/mol. The van der Waals surface area contributed by atoms with E-state index in [4.69, 9.17) is 9.88 Å². The average Bonchev–Trinajstić information content (AvgIpc) is 3.04. The molecular weight excluding hydrogens is 373 g/mol. The van der Waals surface area contributed by atoms with E-state index < -0.39 is 27.1 Å². The highest BCUT2D eigenvalue weighted by atomic mass is 32.2. The molecule has 2 aromatic rings. The summed E-state index contributed by atoms with van der Waals surface area (Å²) in [7, 11) is -2.41. The maximum absolute atomic E-state index is 14.6. The van der Waals surface area contributed by atoms with Crippen molar-refractivity contribution in [1.82, 2.24) is 9.78 Å². The Bertz CT molecular complexity index is 1030. The number of nitrogens with zero attached hydrogens (tertiary/aromatic N) is 2.